The second-order valence-corrected chi connectivity index (χ2v) is 6.21. The van der Waals surface area contributed by atoms with Crippen LogP contribution in [-0.2, 0) is 16.1 Å². The van der Waals surface area contributed by atoms with Gasteiger partial charge in [-0.2, -0.15) is 0 Å². The van der Waals surface area contributed by atoms with Gasteiger partial charge in [0.25, 0.3) is 0 Å². The molecule has 0 radical (unpaired) electrons. The molecule has 1 aromatic carbocycles. The molecule has 0 spiro atoms. The molecule has 4 nitrogen and oxygen atoms in total. The monoisotopic (exact) mass is 322 g/mol. The van der Waals surface area contributed by atoms with Crippen LogP contribution in [0.2, 0.25) is 0 Å². The number of carbonyl (C=O) groups excluding carboxylic acids is 2. The normalized spacial score (nSPS) is 12.1. The fourth-order valence-electron chi connectivity index (χ4n) is 2.18. The quantitative estimate of drug-likeness (QED) is 0.799. The molecule has 0 aromatic heterocycles. The SMILES string of the molecule is CCCC(=O)N(Cc1ccc(F)cc1)[C@H](C)C(=O)NCC(C)C. The highest BCUT2D eigenvalue weighted by Crippen LogP contribution is 2.12. The Morgan fingerprint density at radius 1 is 1.17 bits per heavy atom. The summed E-state index contributed by atoms with van der Waals surface area (Å²) in [6.45, 7) is 8.57. The Balaban J connectivity index is 2.84. The molecule has 0 unspecified atom stereocenters. The van der Waals surface area contributed by atoms with Crippen LogP contribution in [0.1, 0.15) is 46.1 Å². The van der Waals surface area contributed by atoms with E-state index in [4.69, 9.17) is 0 Å². The van der Waals surface area contributed by atoms with E-state index in [2.05, 4.69) is 5.32 Å². The van der Waals surface area contributed by atoms with Crippen molar-refractivity contribution >= 4 is 11.8 Å². The van der Waals surface area contributed by atoms with Gasteiger partial charge in [-0.25, -0.2) is 4.39 Å². The molecule has 0 fully saturated rings. The van der Waals surface area contributed by atoms with Gasteiger partial charge in [0.2, 0.25) is 11.8 Å². The second kappa shape index (κ2) is 9.28. The second-order valence-electron chi connectivity index (χ2n) is 6.21. The van der Waals surface area contributed by atoms with E-state index in [9.17, 15) is 14.0 Å². The van der Waals surface area contributed by atoms with E-state index in [0.717, 1.165) is 12.0 Å². The lowest BCUT2D eigenvalue weighted by atomic mass is 10.1. The average molecular weight is 322 g/mol. The molecule has 1 N–H and O–H groups in total. The van der Waals surface area contributed by atoms with Crippen LogP contribution in [0, 0.1) is 11.7 Å². The Hall–Kier alpha value is -1.91. The largest absolute Gasteiger partial charge is 0.354 e. The van der Waals surface area contributed by atoms with Crippen LogP contribution < -0.4 is 5.32 Å². The maximum atomic E-state index is 13.0. The molecule has 2 amide bonds. The number of rotatable bonds is 8. The minimum Gasteiger partial charge on any atom is -0.354 e. The zero-order valence-corrected chi connectivity index (χ0v) is 14.4. The summed E-state index contributed by atoms with van der Waals surface area (Å²) in [7, 11) is 0. The van der Waals surface area contributed by atoms with E-state index >= 15 is 0 Å². The summed E-state index contributed by atoms with van der Waals surface area (Å²) in [6.07, 6.45) is 1.11. The van der Waals surface area contributed by atoms with Gasteiger partial charge < -0.3 is 10.2 Å². The highest BCUT2D eigenvalue weighted by molar-refractivity contribution is 5.87. The van der Waals surface area contributed by atoms with Crippen LogP contribution in [0.3, 0.4) is 0 Å². The number of nitrogens with one attached hydrogen (secondary N) is 1. The van der Waals surface area contributed by atoms with E-state index in [1.54, 1.807) is 24.0 Å². The highest BCUT2D eigenvalue weighted by Gasteiger charge is 2.25. The first-order valence-electron chi connectivity index (χ1n) is 8.16. The van der Waals surface area contributed by atoms with Crippen LogP contribution in [0.25, 0.3) is 0 Å². The van der Waals surface area contributed by atoms with Crippen LogP contribution in [-0.4, -0.2) is 29.3 Å². The average Bonchev–Trinajstić information content (AvgIpc) is 2.51. The Labute approximate surface area is 138 Å². The molecule has 128 valence electrons. The number of benzene rings is 1. The van der Waals surface area contributed by atoms with Crippen molar-refractivity contribution < 1.29 is 14.0 Å². The fourth-order valence-corrected chi connectivity index (χ4v) is 2.18. The Morgan fingerprint density at radius 3 is 2.30 bits per heavy atom. The summed E-state index contributed by atoms with van der Waals surface area (Å²) in [4.78, 5) is 26.2. The molecule has 0 aliphatic heterocycles. The smallest absolute Gasteiger partial charge is 0.242 e. The number of amides is 2. The molecule has 0 aliphatic carbocycles. The molecule has 1 aromatic rings. The molecule has 23 heavy (non-hydrogen) atoms. The zero-order valence-electron chi connectivity index (χ0n) is 14.4. The molecular formula is C18H27FN2O2. The number of hydrogen-bond donors (Lipinski definition) is 1. The van der Waals surface area contributed by atoms with Crippen LogP contribution >= 0.6 is 0 Å². The van der Waals surface area contributed by atoms with Gasteiger partial charge in [0.05, 0.1) is 0 Å². The predicted molar refractivity (Wildman–Crippen MR) is 89.2 cm³/mol. The maximum absolute atomic E-state index is 13.0. The van der Waals surface area contributed by atoms with Crippen molar-refractivity contribution in [3.63, 3.8) is 0 Å². The van der Waals surface area contributed by atoms with Crippen molar-refractivity contribution in [3.8, 4) is 0 Å². The van der Waals surface area contributed by atoms with E-state index < -0.39 is 6.04 Å². The highest BCUT2D eigenvalue weighted by atomic mass is 19.1. The topological polar surface area (TPSA) is 49.4 Å². The number of halogens is 1. The molecule has 0 bridgehead atoms. The molecular weight excluding hydrogens is 295 g/mol. The van der Waals surface area contributed by atoms with Gasteiger partial charge in [0, 0.05) is 19.5 Å². The van der Waals surface area contributed by atoms with Crippen LogP contribution in [0.4, 0.5) is 4.39 Å². The minimum atomic E-state index is -0.558. The van der Waals surface area contributed by atoms with Crippen molar-refractivity contribution in [2.24, 2.45) is 5.92 Å². The van der Waals surface area contributed by atoms with E-state index in [1.807, 2.05) is 20.8 Å². The van der Waals surface area contributed by atoms with Gasteiger partial charge in [-0.1, -0.05) is 32.9 Å². The molecule has 0 aliphatic rings. The van der Waals surface area contributed by atoms with Crippen LogP contribution in [0.5, 0.6) is 0 Å². The van der Waals surface area contributed by atoms with Crippen molar-refractivity contribution in [3.05, 3.63) is 35.6 Å². The Bertz CT molecular complexity index is 514. The lowest BCUT2D eigenvalue weighted by molar-refractivity contribution is -0.140. The third kappa shape index (κ3) is 6.38. The third-order valence-corrected chi connectivity index (χ3v) is 3.58. The summed E-state index contributed by atoms with van der Waals surface area (Å²) >= 11 is 0. The van der Waals surface area contributed by atoms with E-state index in [0.29, 0.717) is 25.4 Å². The fraction of sp³-hybridized carbons (Fsp3) is 0.556. The lowest BCUT2D eigenvalue weighted by Crippen LogP contribution is -2.48. The van der Waals surface area contributed by atoms with Crippen molar-refractivity contribution in [1.29, 1.82) is 0 Å². The minimum absolute atomic E-state index is 0.0657. The molecule has 0 saturated carbocycles. The van der Waals surface area contributed by atoms with Crippen LogP contribution in [0.15, 0.2) is 24.3 Å². The number of hydrogen-bond acceptors (Lipinski definition) is 2. The Morgan fingerprint density at radius 2 is 1.78 bits per heavy atom. The zero-order chi connectivity index (χ0) is 17.4. The third-order valence-electron chi connectivity index (χ3n) is 3.58. The first-order valence-corrected chi connectivity index (χ1v) is 8.16. The summed E-state index contributed by atoms with van der Waals surface area (Å²) in [5.74, 6) is -0.194. The number of nitrogens with zero attached hydrogens (tertiary/aromatic N) is 1. The summed E-state index contributed by atoms with van der Waals surface area (Å²) in [5.41, 5.74) is 0.805. The summed E-state index contributed by atoms with van der Waals surface area (Å²) in [6, 6.07) is 5.45. The molecule has 0 heterocycles. The van der Waals surface area contributed by atoms with Gasteiger partial charge in [0.15, 0.2) is 0 Å². The first kappa shape index (κ1) is 19.1. The van der Waals surface area contributed by atoms with Crippen molar-refractivity contribution in [1.82, 2.24) is 10.2 Å². The molecule has 1 rings (SSSR count). The molecule has 0 saturated heterocycles. The molecule has 1 atom stereocenters. The van der Waals surface area contributed by atoms with Gasteiger partial charge in [-0.05, 0) is 37.0 Å². The van der Waals surface area contributed by atoms with Gasteiger partial charge >= 0.3 is 0 Å². The van der Waals surface area contributed by atoms with Gasteiger partial charge in [-0.3, -0.25) is 9.59 Å². The van der Waals surface area contributed by atoms with Crippen molar-refractivity contribution in [2.45, 2.75) is 53.1 Å². The molecule has 5 heteroatoms. The van der Waals surface area contributed by atoms with Gasteiger partial charge in [-0.15, -0.1) is 0 Å². The summed E-state index contributed by atoms with van der Waals surface area (Å²) in [5, 5.41) is 2.86. The Kier molecular flexibility index (Phi) is 7.72. The standard InChI is InChI=1S/C18H27FN2O2/c1-5-6-17(22)21(12-15-7-9-16(19)10-8-15)14(4)18(23)20-11-13(2)3/h7-10,13-14H,5-6,11-12H2,1-4H3,(H,20,23)/t14-/m1/s1. The maximum Gasteiger partial charge on any atom is 0.242 e. The first-order chi connectivity index (χ1) is 10.8. The lowest BCUT2D eigenvalue weighted by Gasteiger charge is -2.29. The van der Waals surface area contributed by atoms with Crippen molar-refractivity contribution in [2.75, 3.05) is 6.54 Å². The number of carbonyl (C=O) groups is 2. The summed E-state index contributed by atoms with van der Waals surface area (Å²) < 4.78 is 13.0. The van der Waals surface area contributed by atoms with Gasteiger partial charge in [0.1, 0.15) is 11.9 Å². The van der Waals surface area contributed by atoms with E-state index in [1.165, 1.54) is 12.1 Å². The van der Waals surface area contributed by atoms with E-state index in [-0.39, 0.29) is 17.6 Å². The predicted octanol–water partition coefficient (Wildman–Crippen LogP) is 3.12.